The van der Waals surface area contributed by atoms with Crippen LogP contribution in [0.5, 0.6) is 0 Å². The zero-order chi connectivity index (χ0) is 14.4. The molecule has 114 valence electrons. The van der Waals surface area contributed by atoms with Gasteiger partial charge in [0.25, 0.3) is 0 Å². The topological polar surface area (TPSA) is 42.3 Å². The number of imidazole rings is 1. The Labute approximate surface area is 122 Å². The summed E-state index contributed by atoms with van der Waals surface area (Å²) in [5, 5.41) is 3.58. The summed E-state index contributed by atoms with van der Waals surface area (Å²) in [7, 11) is 2.05. The number of morpholine rings is 1. The fourth-order valence-electron chi connectivity index (χ4n) is 2.88. The molecule has 1 aliphatic heterocycles. The van der Waals surface area contributed by atoms with Gasteiger partial charge in [-0.2, -0.15) is 0 Å². The van der Waals surface area contributed by atoms with Gasteiger partial charge in [-0.05, 0) is 19.5 Å². The number of aryl methyl sites for hydroxylation is 1. The van der Waals surface area contributed by atoms with E-state index in [1.165, 1.54) is 13.0 Å². The predicted octanol–water partition coefficient (Wildman–Crippen LogP) is 1.05. The number of hydrogen-bond donors (Lipinski definition) is 1. The van der Waals surface area contributed by atoms with Crippen LogP contribution in [0.15, 0.2) is 12.4 Å². The fourth-order valence-corrected chi connectivity index (χ4v) is 2.88. The van der Waals surface area contributed by atoms with Crippen LogP contribution in [0.25, 0.3) is 0 Å². The van der Waals surface area contributed by atoms with E-state index in [1.807, 2.05) is 12.4 Å². The Kier molecular flexibility index (Phi) is 6.01. The van der Waals surface area contributed by atoms with Crippen LogP contribution in [-0.2, 0) is 18.2 Å². The van der Waals surface area contributed by atoms with Gasteiger partial charge < -0.3 is 14.6 Å². The van der Waals surface area contributed by atoms with Gasteiger partial charge in [-0.3, -0.25) is 4.90 Å². The van der Waals surface area contributed by atoms with Crippen molar-refractivity contribution in [3.05, 3.63) is 18.2 Å². The van der Waals surface area contributed by atoms with Gasteiger partial charge in [0.05, 0.1) is 12.7 Å². The molecule has 1 N–H and O–H groups in total. The van der Waals surface area contributed by atoms with Crippen molar-refractivity contribution in [1.82, 2.24) is 19.8 Å². The minimum Gasteiger partial charge on any atom is -0.374 e. The third-order valence-electron chi connectivity index (χ3n) is 3.96. The van der Waals surface area contributed by atoms with E-state index in [2.05, 4.69) is 40.7 Å². The highest BCUT2D eigenvalue weighted by molar-refractivity contribution is 4.97. The van der Waals surface area contributed by atoms with E-state index >= 15 is 0 Å². The lowest BCUT2D eigenvalue weighted by Crippen LogP contribution is -2.53. The van der Waals surface area contributed by atoms with E-state index in [9.17, 15) is 0 Å². The molecule has 2 atom stereocenters. The van der Waals surface area contributed by atoms with Crippen LogP contribution in [0, 0.1) is 0 Å². The molecule has 0 bridgehead atoms. The summed E-state index contributed by atoms with van der Waals surface area (Å²) in [5.41, 5.74) is 0. The molecule has 0 amide bonds. The highest BCUT2D eigenvalue weighted by atomic mass is 16.5. The van der Waals surface area contributed by atoms with E-state index in [0.29, 0.717) is 6.04 Å². The zero-order valence-corrected chi connectivity index (χ0v) is 13.0. The summed E-state index contributed by atoms with van der Waals surface area (Å²) in [6.07, 6.45) is 6.25. The van der Waals surface area contributed by atoms with Gasteiger partial charge in [-0.1, -0.05) is 13.8 Å². The van der Waals surface area contributed by atoms with Gasteiger partial charge in [0, 0.05) is 45.0 Å². The largest absolute Gasteiger partial charge is 0.374 e. The zero-order valence-electron chi connectivity index (χ0n) is 13.0. The number of nitrogens with one attached hydrogen (secondary N) is 1. The summed E-state index contributed by atoms with van der Waals surface area (Å²) < 4.78 is 8.11. The van der Waals surface area contributed by atoms with Crippen molar-refractivity contribution in [2.45, 2.75) is 38.8 Å². The molecule has 1 aromatic heterocycles. The molecule has 1 fully saturated rings. The van der Waals surface area contributed by atoms with Crippen molar-refractivity contribution >= 4 is 0 Å². The first-order valence-electron chi connectivity index (χ1n) is 7.78. The Morgan fingerprint density at radius 2 is 2.35 bits per heavy atom. The van der Waals surface area contributed by atoms with Crippen LogP contribution >= 0.6 is 0 Å². The van der Waals surface area contributed by atoms with Crippen molar-refractivity contribution < 1.29 is 4.74 Å². The number of likely N-dealkylation sites (N-methyl/N-ethyl adjacent to an activating group) is 1. The summed E-state index contributed by atoms with van der Waals surface area (Å²) in [4.78, 5) is 6.95. The molecule has 2 unspecified atom stereocenters. The van der Waals surface area contributed by atoms with Crippen LogP contribution in [0.4, 0.5) is 0 Å². The lowest BCUT2D eigenvalue weighted by atomic mass is 10.0. The first-order chi connectivity index (χ1) is 9.74. The monoisotopic (exact) mass is 280 g/mol. The van der Waals surface area contributed by atoms with E-state index < -0.39 is 0 Å². The Morgan fingerprint density at radius 3 is 3.00 bits per heavy atom. The molecule has 5 heteroatoms. The molecule has 1 saturated heterocycles. The first kappa shape index (κ1) is 15.5. The molecule has 2 rings (SSSR count). The van der Waals surface area contributed by atoms with E-state index in [-0.39, 0.29) is 6.10 Å². The maximum Gasteiger partial charge on any atom is 0.110 e. The van der Waals surface area contributed by atoms with E-state index in [0.717, 1.165) is 38.5 Å². The Morgan fingerprint density at radius 1 is 1.50 bits per heavy atom. The number of ether oxygens (including phenoxy) is 1. The maximum absolute atomic E-state index is 6.02. The lowest BCUT2D eigenvalue weighted by molar-refractivity contribution is -0.0463. The van der Waals surface area contributed by atoms with Crippen molar-refractivity contribution in [3.63, 3.8) is 0 Å². The maximum atomic E-state index is 6.02. The molecule has 0 radical (unpaired) electrons. The Hall–Kier alpha value is -0.910. The number of hydrogen-bond acceptors (Lipinski definition) is 4. The second-order valence-corrected chi connectivity index (χ2v) is 5.53. The van der Waals surface area contributed by atoms with Crippen LogP contribution < -0.4 is 5.32 Å². The van der Waals surface area contributed by atoms with Gasteiger partial charge in [-0.25, -0.2) is 4.98 Å². The molecule has 2 heterocycles. The molecular weight excluding hydrogens is 252 g/mol. The molecule has 0 spiro atoms. The third kappa shape index (κ3) is 4.04. The quantitative estimate of drug-likeness (QED) is 0.811. The van der Waals surface area contributed by atoms with Gasteiger partial charge in [0.2, 0.25) is 0 Å². The van der Waals surface area contributed by atoms with Gasteiger partial charge in [-0.15, -0.1) is 0 Å². The molecule has 20 heavy (non-hydrogen) atoms. The standard InChI is InChI=1S/C15H28N4O/c1-4-7-19-9-10-20-14(12-19)13(16-5-2)11-15-17-6-8-18(15)3/h6,8,13-14,16H,4-5,7,9-12H2,1-3H3. The fraction of sp³-hybridized carbons (Fsp3) is 0.800. The number of nitrogens with zero attached hydrogens (tertiary/aromatic N) is 3. The highest BCUT2D eigenvalue weighted by Crippen LogP contribution is 2.13. The molecule has 0 aliphatic carbocycles. The van der Waals surface area contributed by atoms with Crippen LogP contribution in [-0.4, -0.2) is 59.4 Å². The molecule has 5 nitrogen and oxygen atoms in total. The summed E-state index contributed by atoms with van der Waals surface area (Å²) in [6, 6.07) is 0.334. The van der Waals surface area contributed by atoms with E-state index in [4.69, 9.17) is 4.74 Å². The first-order valence-corrected chi connectivity index (χ1v) is 7.78. The SMILES string of the molecule is CCCN1CCOC(C(Cc2nccn2C)NCC)C1. The molecule has 1 aromatic rings. The van der Waals surface area contributed by atoms with Gasteiger partial charge in [0.15, 0.2) is 0 Å². The van der Waals surface area contributed by atoms with Crippen molar-refractivity contribution in [2.24, 2.45) is 7.05 Å². The molecule has 1 aliphatic rings. The smallest absolute Gasteiger partial charge is 0.110 e. The molecule has 0 aromatic carbocycles. The normalized spacial score (nSPS) is 22.1. The highest BCUT2D eigenvalue weighted by Gasteiger charge is 2.28. The lowest BCUT2D eigenvalue weighted by Gasteiger charge is -2.37. The molecule has 0 saturated carbocycles. The van der Waals surface area contributed by atoms with Crippen LogP contribution in [0.2, 0.25) is 0 Å². The predicted molar refractivity (Wildman–Crippen MR) is 80.8 cm³/mol. The summed E-state index contributed by atoms with van der Waals surface area (Å²) in [5.74, 6) is 1.12. The van der Waals surface area contributed by atoms with Crippen molar-refractivity contribution in [3.8, 4) is 0 Å². The average Bonchev–Trinajstić information content (AvgIpc) is 2.85. The van der Waals surface area contributed by atoms with Crippen molar-refractivity contribution in [2.75, 3.05) is 32.8 Å². The van der Waals surface area contributed by atoms with Crippen LogP contribution in [0.1, 0.15) is 26.1 Å². The minimum absolute atomic E-state index is 0.256. The summed E-state index contributed by atoms with van der Waals surface area (Å²) in [6.45, 7) is 9.44. The Bertz CT molecular complexity index is 391. The number of aromatic nitrogens is 2. The summed E-state index contributed by atoms with van der Waals surface area (Å²) >= 11 is 0. The number of rotatable bonds is 7. The van der Waals surface area contributed by atoms with Gasteiger partial charge in [0.1, 0.15) is 5.82 Å². The van der Waals surface area contributed by atoms with E-state index in [1.54, 1.807) is 0 Å². The van der Waals surface area contributed by atoms with Gasteiger partial charge >= 0.3 is 0 Å². The van der Waals surface area contributed by atoms with Crippen LogP contribution in [0.3, 0.4) is 0 Å². The van der Waals surface area contributed by atoms with Crippen molar-refractivity contribution in [1.29, 1.82) is 0 Å². The second-order valence-electron chi connectivity index (χ2n) is 5.53. The molecular formula is C15H28N4O. The minimum atomic E-state index is 0.256. The second kappa shape index (κ2) is 7.76. The third-order valence-corrected chi connectivity index (χ3v) is 3.96. The Balaban J connectivity index is 1.98. The average molecular weight is 280 g/mol.